The van der Waals surface area contributed by atoms with Crippen LogP contribution in [0.2, 0.25) is 0 Å². The van der Waals surface area contributed by atoms with Crippen molar-refractivity contribution in [1.82, 2.24) is 5.32 Å². The van der Waals surface area contributed by atoms with Gasteiger partial charge in [-0.15, -0.1) is 0 Å². The number of nitrogens with one attached hydrogen (secondary N) is 1. The van der Waals surface area contributed by atoms with Crippen molar-refractivity contribution in [2.24, 2.45) is 0 Å². The van der Waals surface area contributed by atoms with E-state index in [4.69, 9.17) is 0 Å². The lowest BCUT2D eigenvalue weighted by Gasteiger charge is -2.14. The molecule has 0 fully saturated rings. The first-order valence-corrected chi connectivity index (χ1v) is 5.14. The largest absolute Gasteiger partial charge is 0.401 e. The van der Waals surface area contributed by atoms with Crippen LogP contribution < -0.4 is 5.32 Å². The van der Waals surface area contributed by atoms with Crippen molar-refractivity contribution in [3.05, 3.63) is 0 Å². The topological polar surface area (TPSA) is 12.0 Å². The van der Waals surface area contributed by atoms with Gasteiger partial charge in [-0.05, 0) is 25.4 Å². The van der Waals surface area contributed by atoms with E-state index >= 15 is 0 Å². The fourth-order valence-corrected chi connectivity index (χ4v) is 1.28. The molecule has 74 valence electrons. The number of hydrogen-bond donors (Lipinski definition) is 1. The molecule has 0 radical (unpaired) electrons. The molecular formula is C7H14F3NS. The Morgan fingerprint density at radius 2 is 2.00 bits per heavy atom. The summed E-state index contributed by atoms with van der Waals surface area (Å²) in [4.78, 5) is 0. The normalized spacial score (nSPS) is 14.8. The molecule has 5 heteroatoms. The summed E-state index contributed by atoms with van der Waals surface area (Å²) < 4.78 is 35.0. The van der Waals surface area contributed by atoms with Gasteiger partial charge in [0.15, 0.2) is 0 Å². The van der Waals surface area contributed by atoms with Crippen LogP contribution in [0.1, 0.15) is 13.3 Å². The molecule has 12 heavy (non-hydrogen) atoms. The molecule has 0 aliphatic rings. The lowest BCUT2D eigenvalue weighted by atomic mass is 10.2. The highest BCUT2D eigenvalue weighted by atomic mass is 32.2. The summed E-state index contributed by atoms with van der Waals surface area (Å²) in [5, 5.41) is 2.42. The zero-order valence-electron chi connectivity index (χ0n) is 7.24. The Balaban J connectivity index is 3.37. The number of thioether (sulfide) groups is 1. The Bertz CT molecular complexity index is 116. The highest BCUT2D eigenvalue weighted by Crippen LogP contribution is 2.13. The van der Waals surface area contributed by atoms with E-state index in [9.17, 15) is 13.2 Å². The number of alkyl halides is 3. The van der Waals surface area contributed by atoms with Gasteiger partial charge in [0, 0.05) is 6.04 Å². The maximum atomic E-state index is 11.7. The molecule has 0 aromatic carbocycles. The van der Waals surface area contributed by atoms with E-state index in [1.54, 1.807) is 18.7 Å². The van der Waals surface area contributed by atoms with Crippen molar-refractivity contribution < 1.29 is 13.2 Å². The SMILES string of the molecule is CSCCC(C)NCC(F)(F)F. The van der Waals surface area contributed by atoms with Gasteiger partial charge in [0.2, 0.25) is 0 Å². The van der Waals surface area contributed by atoms with E-state index in [-0.39, 0.29) is 6.04 Å². The molecule has 1 N–H and O–H groups in total. The number of rotatable bonds is 5. The summed E-state index contributed by atoms with van der Waals surface area (Å²) in [5.74, 6) is 0.895. The third-order valence-corrected chi connectivity index (χ3v) is 2.05. The third-order valence-electron chi connectivity index (χ3n) is 1.41. The van der Waals surface area contributed by atoms with Gasteiger partial charge in [0.25, 0.3) is 0 Å². The van der Waals surface area contributed by atoms with E-state index in [0.29, 0.717) is 0 Å². The van der Waals surface area contributed by atoms with Crippen LogP contribution in [0.3, 0.4) is 0 Å². The average molecular weight is 201 g/mol. The maximum absolute atomic E-state index is 11.7. The van der Waals surface area contributed by atoms with E-state index in [2.05, 4.69) is 5.32 Å². The van der Waals surface area contributed by atoms with Gasteiger partial charge in [-0.1, -0.05) is 0 Å². The van der Waals surface area contributed by atoms with Crippen molar-refractivity contribution in [3.63, 3.8) is 0 Å². The van der Waals surface area contributed by atoms with Crippen LogP contribution in [0.25, 0.3) is 0 Å². The highest BCUT2D eigenvalue weighted by molar-refractivity contribution is 7.98. The Kier molecular flexibility index (Phi) is 5.74. The predicted octanol–water partition coefficient (Wildman–Crippen LogP) is 2.28. The summed E-state index contributed by atoms with van der Waals surface area (Å²) in [6.07, 6.45) is -1.37. The van der Waals surface area contributed by atoms with Crippen LogP contribution in [-0.2, 0) is 0 Å². The molecule has 0 heterocycles. The quantitative estimate of drug-likeness (QED) is 0.732. The van der Waals surface area contributed by atoms with Gasteiger partial charge in [-0.3, -0.25) is 0 Å². The molecular weight excluding hydrogens is 187 g/mol. The molecule has 1 nitrogen and oxygen atoms in total. The molecule has 0 aromatic rings. The first-order valence-electron chi connectivity index (χ1n) is 3.75. The van der Waals surface area contributed by atoms with Gasteiger partial charge < -0.3 is 5.32 Å². The lowest BCUT2D eigenvalue weighted by Crippen LogP contribution is -2.35. The third kappa shape index (κ3) is 8.20. The lowest BCUT2D eigenvalue weighted by molar-refractivity contribution is -0.126. The predicted molar refractivity (Wildman–Crippen MR) is 46.5 cm³/mol. The minimum absolute atomic E-state index is 0.0564. The summed E-state index contributed by atoms with van der Waals surface area (Å²) in [7, 11) is 0. The van der Waals surface area contributed by atoms with Crippen molar-refractivity contribution >= 4 is 11.8 Å². The highest BCUT2D eigenvalue weighted by Gasteiger charge is 2.26. The van der Waals surface area contributed by atoms with Crippen LogP contribution in [-0.4, -0.2) is 30.8 Å². The molecule has 0 rings (SSSR count). The van der Waals surface area contributed by atoms with Crippen LogP contribution in [0.15, 0.2) is 0 Å². The molecule has 0 saturated carbocycles. The van der Waals surface area contributed by atoms with Gasteiger partial charge >= 0.3 is 6.18 Å². The van der Waals surface area contributed by atoms with Crippen LogP contribution >= 0.6 is 11.8 Å². The molecule has 0 aliphatic carbocycles. The van der Waals surface area contributed by atoms with E-state index in [1.165, 1.54) is 0 Å². The smallest absolute Gasteiger partial charge is 0.306 e. The summed E-state index contributed by atoms with van der Waals surface area (Å²) in [5.41, 5.74) is 0. The molecule has 0 saturated heterocycles. The van der Waals surface area contributed by atoms with Crippen molar-refractivity contribution in [1.29, 1.82) is 0 Å². The minimum atomic E-state index is -4.09. The molecule has 0 spiro atoms. The summed E-state index contributed by atoms with van der Waals surface area (Å²) in [6, 6.07) is -0.0564. The van der Waals surface area contributed by atoms with Crippen LogP contribution in [0, 0.1) is 0 Å². The number of halogens is 3. The maximum Gasteiger partial charge on any atom is 0.401 e. The van der Waals surface area contributed by atoms with Crippen molar-refractivity contribution in [2.45, 2.75) is 25.6 Å². The Hall–Kier alpha value is 0.100. The molecule has 0 bridgehead atoms. The summed E-state index contributed by atoms with van der Waals surface area (Å²) in [6.45, 7) is 0.879. The van der Waals surface area contributed by atoms with Crippen LogP contribution in [0.5, 0.6) is 0 Å². The second kappa shape index (κ2) is 5.70. The minimum Gasteiger partial charge on any atom is -0.306 e. The standard InChI is InChI=1S/C7H14F3NS/c1-6(3-4-12-2)11-5-7(8,9)10/h6,11H,3-5H2,1-2H3. The second-order valence-corrected chi connectivity index (χ2v) is 3.66. The zero-order chi connectivity index (χ0) is 9.61. The second-order valence-electron chi connectivity index (χ2n) is 2.68. The summed E-state index contributed by atoms with van der Waals surface area (Å²) >= 11 is 1.64. The Morgan fingerprint density at radius 3 is 2.42 bits per heavy atom. The van der Waals surface area contributed by atoms with E-state index in [1.807, 2.05) is 6.26 Å². The molecule has 0 amide bonds. The van der Waals surface area contributed by atoms with Crippen molar-refractivity contribution in [3.8, 4) is 0 Å². The monoisotopic (exact) mass is 201 g/mol. The Labute approximate surface area is 75.1 Å². The van der Waals surface area contributed by atoms with E-state index < -0.39 is 12.7 Å². The first-order chi connectivity index (χ1) is 5.45. The molecule has 0 aliphatic heterocycles. The fourth-order valence-electron chi connectivity index (χ4n) is 0.687. The molecule has 0 aromatic heterocycles. The Morgan fingerprint density at radius 1 is 1.42 bits per heavy atom. The molecule has 1 atom stereocenters. The number of hydrogen-bond acceptors (Lipinski definition) is 2. The van der Waals surface area contributed by atoms with Gasteiger partial charge in [-0.2, -0.15) is 24.9 Å². The van der Waals surface area contributed by atoms with Gasteiger partial charge in [-0.25, -0.2) is 0 Å². The van der Waals surface area contributed by atoms with Crippen LogP contribution in [0.4, 0.5) is 13.2 Å². The van der Waals surface area contributed by atoms with E-state index in [0.717, 1.165) is 12.2 Å². The first kappa shape index (κ1) is 12.1. The van der Waals surface area contributed by atoms with Gasteiger partial charge in [0.05, 0.1) is 6.54 Å². The molecule has 1 unspecified atom stereocenters. The average Bonchev–Trinajstić information content (AvgIpc) is 1.95. The van der Waals surface area contributed by atoms with Gasteiger partial charge in [0.1, 0.15) is 0 Å². The fraction of sp³-hybridized carbons (Fsp3) is 1.00. The van der Waals surface area contributed by atoms with Crippen molar-refractivity contribution in [2.75, 3.05) is 18.6 Å². The zero-order valence-corrected chi connectivity index (χ0v) is 8.06.